The molecule has 2 aliphatic rings. The fraction of sp³-hybridized carbons (Fsp3) is 0.467. The van der Waals surface area contributed by atoms with Crippen LogP contribution in [0.1, 0.15) is 17.2 Å². The summed E-state index contributed by atoms with van der Waals surface area (Å²) in [6.45, 7) is 2.73. The maximum absolute atomic E-state index is 6.20. The molecule has 116 valence electrons. The zero-order valence-electron chi connectivity index (χ0n) is 12.0. The zero-order chi connectivity index (χ0) is 14.9. The van der Waals surface area contributed by atoms with Crippen molar-refractivity contribution in [2.75, 3.05) is 19.8 Å². The van der Waals surface area contributed by atoms with Gasteiger partial charge in [0.05, 0.1) is 38.1 Å². The van der Waals surface area contributed by atoms with Gasteiger partial charge in [-0.1, -0.05) is 16.8 Å². The fourth-order valence-corrected chi connectivity index (χ4v) is 3.37. The van der Waals surface area contributed by atoms with Crippen LogP contribution in [0.4, 0.5) is 0 Å². The number of aromatic nitrogens is 3. The van der Waals surface area contributed by atoms with Crippen molar-refractivity contribution >= 4 is 11.6 Å². The zero-order valence-corrected chi connectivity index (χ0v) is 12.8. The number of ether oxygens (including phenoxy) is 2. The van der Waals surface area contributed by atoms with E-state index in [1.54, 1.807) is 6.20 Å². The molecule has 1 saturated heterocycles. The van der Waals surface area contributed by atoms with Crippen LogP contribution < -0.4 is 10.1 Å². The highest BCUT2D eigenvalue weighted by atomic mass is 35.5. The molecule has 1 fully saturated rings. The Morgan fingerprint density at radius 3 is 3.18 bits per heavy atom. The van der Waals surface area contributed by atoms with Gasteiger partial charge in [-0.05, 0) is 17.7 Å². The minimum Gasteiger partial charge on any atom is -0.493 e. The van der Waals surface area contributed by atoms with Gasteiger partial charge in [0.1, 0.15) is 5.75 Å². The molecule has 22 heavy (non-hydrogen) atoms. The maximum Gasteiger partial charge on any atom is 0.127 e. The van der Waals surface area contributed by atoms with Crippen LogP contribution in [-0.2, 0) is 17.7 Å². The van der Waals surface area contributed by atoms with Crippen LogP contribution in [-0.4, -0.2) is 40.9 Å². The minimum atomic E-state index is 0.163. The van der Waals surface area contributed by atoms with Crippen molar-refractivity contribution in [1.29, 1.82) is 0 Å². The molecule has 0 bridgehead atoms. The lowest BCUT2D eigenvalue weighted by atomic mass is 10.1. The normalized spacial score (nSPS) is 23.5. The smallest absolute Gasteiger partial charge is 0.127 e. The molecule has 7 heteroatoms. The van der Waals surface area contributed by atoms with Crippen LogP contribution in [0.5, 0.6) is 5.75 Å². The maximum atomic E-state index is 6.20. The molecule has 0 radical (unpaired) electrons. The molecule has 4 rings (SSSR count). The summed E-state index contributed by atoms with van der Waals surface area (Å²) in [6, 6.07) is 4.32. The molecule has 0 aliphatic carbocycles. The molecule has 3 heterocycles. The molecule has 1 aromatic carbocycles. The van der Waals surface area contributed by atoms with E-state index in [1.165, 1.54) is 5.56 Å². The number of hydrogen-bond donors (Lipinski definition) is 1. The third-order valence-corrected chi connectivity index (χ3v) is 4.43. The molecular formula is C15H17ClN4O2. The van der Waals surface area contributed by atoms with Gasteiger partial charge in [-0.15, -0.1) is 5.10 Å². The third-order valence-electron chi connectivity index (χ3n) is 4.21. The Kier molecular flexibility index (Phi) is 3.73. The third kappa shape index (κ3) is 2.58. The van der Waals surface area contributed by atoms with Gasteiger partial charge < -0.3 is 14.8 Å². The predicted molar refractivity (Wildman–Crippen MR) is 81.2 cm³/mol. The van der Waals surface area contributed by atoms with Gasteiger partial charge in [-0.25, -0.2) is 4.68 Å². The van der Waals surface area contributed by atoms with E-state index in [2.05, 4.69) is 15.6 Å². The summed E-state index contributed by atoms with van der Waals surface area (Å²) in [5.41, 5.74) is 2.30. The summed E-state index contributed by atoms with van der Waals surface area (Å²) in [5.74, 6) is 0.980. The number of benzene rings is 1. The largest absolute Gasteiger partial charge is 0.493 e. The van der Waals surface area contributed by atoms with E-state index >= 15 is 0 Å². The van der Waals surface area contributed by atoms with Gasteiger partial charge in [-0.2, -0.15) is 0 Å². The van der Waals surface area contributed by atoms with Gasteiger partial charge in [-0.3, -0.25) is 0 Å². The number of halogens is 1. The first-order chi connectivity index (χ1) is 10.8. The Morgan fingerprint density at radius 2 is 2.32 bits per heavy atom. The van der Waals surface area contributed by atoms with Gasteiger partial charge in [0, 0.05) is 29.7 Å². The monoisotopic (exact) mass is 320 g/mol. The van der Waals surface area contributed by atoms with Crippen molar-refractivity contribution in [3.8, 4) is 5.75 Å². The van der Waals surface area contributed by atoms with Crippen LogP contribution in [0.2, 0.25) is 5.02 Å². The van der Waals surface area contributed by atoms with E-state index < -0.39 is 0 Å². The van der Waals surface area contributed by atoms with E-state index in [-0.39, 0.29) is 12.1 Å². The molecule has 6 nitrogen and oxygen atoms in total. The molecule has 2 aliphatic heterocycles. The van der Waals surface area contributed by atoms with Crippen LogP contribution in [0.25, 0.3) is 0 Å². The number of hydrogen-bond acceptors (Lipinski definition) is 5. The lowest BCUT2D eigenvalue weighted by Crippen LogP contribution is -2.36. The summed E-state index contributed by atoms with van der Waals surface area (Å²) in [7, 11) is 0. The second kappa shape index (κ2) is 5.87. The summed E-state index contributed by atoms with van der Waals surface area (Å²) in [6.07, 6.45) is 4.48. The average molecular weight is 321 g/mol. The number of nitrogens with one attached hydrogen (secondary N) is 1. The highest BCUT2D eigenvalue weighted by Gasteiger charge is 2.30. The number of nitrogens with zero attached hydrogens (tertiary/aromatic N) is 3. The Bertz CT molecular complexity index is 662. The van der Waals surface area contributed by atoms with Crippen molar-refractivity contribution in [2.45, 2.75) is 25.0 Å². The van der Waals surface area contributed by atoms with Crippen molar-refractivity contribution in [2.24, 2.45) is 0 Å². The lowest BCUT2D eigenvalue weighted by Gasteiger charge is -2.19. The first-order valence-electron chi connectivity index (χ1n) is 7.42. The molecule has 0 spiro atoms. The molecule has 1 N–H and O–H groups in total. The van der Waals surface area contributed by atoms with Gasteiger partial charge >= 0.3 is 0 Å². The van der Waals surface area contributed by atoms with E-state index in [9.17, 15) is 0 Å². The molecule has 2 atom stereocenters. The van der Waals surface area contributed by atoms with Crippen molar-refractivity contribution in [3.05, 3.63) is 40.7 Å². The van der Waals surface area contributed by atoms with Crippen LogP contribution in [0, 0.1) is 0 Å². The second-order valence-electron chi connectivity index (χ2n) is 5.63. The molecule has 0 unspecified atom stereocenters. The van der Waals surface area contributed by atoms with Crippen molar-refractivity contribution < 1.29 is 9.47 Å². The Labute approximate surface area is 133 Å². The predicted octanol–water partition coefficient (Wildman–Crippen LogP) is 1.60. The summed E-state index contributed by atoms with van der Waals surface area (Å²) in [4.78, 5) is 0. The lowest BCUT2D eigenvalue weighted by molar-refractivity contribution is 0.181. The minimum absolute atomic E-state index is 0.163. The summed E-state index contributed by atoms with van der Waals surface area (Å²) >= 11 is 6.20. The van der Waals surface area contributed by atoms with Crippen molar-refractivity contribution in [3.63, 3.8) is 0 Å². The van der Waals surface area contributed by atoms with Crippen LogP contribution in [0.3, 0.4) is 0 Å². The summed E-state index contributed by atoms with van der Waals surface area (Å²) < 4.78 is 13.2. The number of fused-ring (bicyclic) bond motifs is 1. The van der Waals surface area contributed by atoms with E-state index in [0.29, 0.717) is 19.8 Å². The number of rotatable bonds is 4. The second-order valence-corrected chi connectivity index (χ2v) is 6.06. The average Bonchev–Trinajstić information content (AvgIpc) is 3.24. The highest BCUT2D eigenvalue weighted by molar-refractivity contribution is 6.30. The Hall–Kier alpha value is -1.63. The molecular weight excluding hydrogens is 304 g/mol. The van der Waals surface area contributed by atoms with Gasteiger partial charge in [0.2, 0.25) is 0 Å². The Balaban J connectivity index is 1.49. The SMILES string of the molecule is Clc1cc2c(c(CN[C@H]3COC[C@H]3n3ccnn3)c1)OCC2. The van der Waals surface area contributed by atoms with E-state index in [1.807, 2.05) is 23.0 Å². The van der Waals surface area contributed by atoms with E-state index in [0.717, 1.165) is 29.4 Å². The topological polar surface area (TPSA) is 61.2 Å². The highest BCUT2D eigenvalue weighted by Crippen LogP contribution is 2.33. The Morgan fingerprint density at radius 1 is 1.36 bits per heavy atom. The quantitative estimate of drug-likeness (QED) is 0.927. The van der Waals surface area contributed by atoms with Gasteiger partial charge in [0.15, 0.2) is 0 Å². The first-order valence-corrected chi connectivity index (χ1v) is 7.80. The standard InChI is InChI=1S/C15H17ClN4O2/c16-12-5-10-1-4-22-15(10)11(6-12)7-17-13-8-21-9-14(13)20-3-2-18-19-20/h2-3,5-6,13-14,17H,1,4,7-9H2/t13-,14+/m0/s1. The van der Waals surface area contributed by atoms with Crippen molar-refractivity contribution in [1.82, 2.24) is 20.3 Å². The molecule has 1 aromatic heterocycles. The van der Waals surface area contributed by atoms with Gasteiger partial charge in [0.25, 0.3) is 0 Å². The fourth-order valence-electron chi connectivity index (χ4n) is 3.11. The van der Waals surface area contributed by atoms with Crippen LogP contribution >= 0.6 is 11.6 Å². The molecule has 0 amide bonds. The molecule has 0 saturated carbocycles. The van der Waals surface area contributed by atoms with E-state index in [4.69, 9.17) is 21.1 Å². The summed E-state index contributed by atoms with van der Waals surface area (Å²) in [5, 5.41) is 12.2. The molecule has 2 aromatic rings. The first kappa shape index (κ1) is 14.0. The van der Waals surface area contributed by atoms with Crippen LogP contribution in [0.15, 0.2) is 24.5 Å².